The Morgan fingerprint density at radius 2 is 2.25 bits per heavy atom. The highest BCUT2D eigenvalue weighted by molar-refractivity contribution is 5.85. The molecule has 8 heteroatoms. The van der Waals surface area contributed by atoms with Crippen LogP contribution in [0.25, 0.3) is 11.0 Å². The van der Waals surface area contributed by atoms with Crippen LogP contribution >= 0.6 is 24.8 Å². The fourth-order valence-electron chi connectivity index (χ4n) is 2.98. The number of hydrogen-bond donors (Lipinski definition) is 2. The van der Waals surface area contributed by atoms with Crippen LogP contribution in [0.3, 0.4) is 0 Å². The van der Waals surface area contributed by atoms with Crippen molar-refractivity contribution in [1.29, 1.82) is 0 Å². The number of hydrogen-bond acceptors (Lipinski definition) is 3. The van der Waals surface area contributed by atoms with Crippen LogP contribution in [0.2, 0.25) is 0 Å². The third kappa shape index (κ3) is 4.82. The summed E-state index contributed by atoms with van der Waals surface area (Å²) in [7, 11) is 1.87. The number of carbonyl (C=O) groups excluding carboxylic acids is 1. The van der Waals surface area contributed by atoms with Crippen LogP contribution in [-0.4, -0.2) is 34.6 Å². The summed E-state index contributed by atoms with van der Waals surface area (Å²) in [5.74, 6) is 0.656. The molecule has 1 atom stereocenters. The monoisotopic (exact) mass is 376 g/mol. The molecule has 1 amide bonds. The van der Waals surface area contributed by atoms with Crippen LogP contribution < -0.4 is 10.6 Å². The average molecular weight is 377 g/mol. The van der Waals surface area contributed by atoms with Crippen molar-refractivity contribution in [2.45, 2.75) is 31.7 Å². The van der Waals surface area contributed by atoms with E-state index in [2.05, 4.69) is 15.6 Å². The summed E-state index contributed by atoms with van der Waals surface area (Å²) in [5.41, 5.74) is 1.55. The first-order valence-corrected chi connectivity index (χ1v) is 7.74. The Balaban J connectivity index is 0.00000144. The second-order valence-electron chi connectivity index (χ2n) is 5.82. The van der Waals surface area contributed by atoms with Gasteiger partial charge in [-0.1, -0.05) is 0 Å². The number of carbonyl (C=O) groups is 1. The molecule has 1 aromatic heterocycles. The van der Waals surface area contributed by atoms with E-state index in [0.29, 0.717) is 25.4 Å². The average Bonchev–Trinajstić information content (AvgIpc) is 3.09. The Morgan fingerprint density at radius 1 is 1.46 bits per heavy atom. The number of amides is 1. The molecule has 24 heavy (non-hydrogen) atoms. The lowest BCUT2D eigenvalue weighted by Crippen LogP contribution is -2.33. The molecule has 3 rings (SSSR count). The van der Waals surface area contributed by atoms with Crippen LogP contribution in [-0.2, 0) is 18.3 Å². The summed E-state index contributed by atoms with van der Waals surface area (Å²) >= 11 is 0. The van der Waals surface area contributed by atoms with Gasteiger partial charge in [-0.05, 0) is 37.6 Å². The molecule has 1 saturated heterocycles. The van der Waals surface area contributed by atoms with E-state index in [0.717, 1.165) is 36.2 Å². The minimum Gasteiger partial charge on any atom is -0.356 e. The molecule has 0 radical (unpaired) electrons. The van der Waals surface area contributed by atoms with Gasteiger partial charge in [-0.15, -0.1) is 24.8 Å². The van der Waals surface area contributed by atoms with Crippen molar-refractivity contribution in [3.63, 3.8) is 0 Å². The van der Waals surface area contributed by atoms with Gasteiger partial charge in [0.25, 0.3) is 0 Å². The molecule has 2 aromatic rings. The summed E-state index contributed by atoms with van der Waals surface area (Å²) in [6.45, 7) is 1.56. The van der Waals surface area contributed by atoms with Gasteiger partial charge in [-0.2, -0.15) is 0 Å². The van der Waals surface area contributed by atoms with Crippen molar-refractivity contribution in [3.8, 4) is 0 Å². The smallest absolute Gasteiger partial charge is 0.221 e. The van der Waals surface area contributed by atoms with E-state index in [-0.39, 0.29) is 36.5 Å². The highest BCUT2D eigenvalue weighted by Gasteiger charge is 2.17. The van der Waals surface area contributed by atoms with E-state index in [1.54, 1.807) is 6.07 Å². The van der Waals surface area contributed by atoms with Gasteiger partial charge in [0.1, 0.15) is 11.6 Å². The fourth-order valence-corrected chi connectivity index (χ4v) is 2.98. The molecule has 134 valence electrons. The van der Waals surface area contributed by atoms with Gasteiger partial charge in [0, 0.05) is 32.5 Å². The van der Waals surface area contributed by atoms with E-state index in [9.17, 15) is 9.18 Å². The van der Waals surface area contributed by atoms with E-state index in [4.69, 9.17) is 0 Å². The molecule has 0 bridgehead atoms. The summed E-state index contributed by atoms with van der Waals surface area (Å²) in [6, 6.07) is 4.89. The van der Waals surface area contributed by atoms with Crippen LogP contribution in [0.5, 0.6) is 0 Å². The number of aryl methyl sites for hydroxylation is 1. The molecule has 1 aliphatic heterocycles. The Labute approximate surface area is 153 Å². The lowest BCUT2D eigenvalue weighted by atomic mass is 10.1. The Kier molecular flexibility index (Phi) is 7.93. The zero-order valence-corrected chi connectivity index (χ0v) is 15.2. The van der Waals surface area contributed by atoms with Gasteiger partial charge >= 0.3 is 0 Å². The Morgan fingerprint density at radius 3 is 2.96 bits per heavy atom. The van der Waals surface area contributed by atoms with Crippen molar-refractivity contribution in [1.82, 2.24) is 20.2 Å². The van der Waals surface area contributed by atoms with E-state index < -0.39 is 0 Å². The van der Waals surface area contributed by atoms with Crippen LogP contribution in [0.1, 0.15) is 25.1 Å². The number of aromatic nitrogens is 2. The van der Waals surface area contributed by atoms with E-state index in [1.165, 1.54) is 12.1 Å². The first kappa shape index (κ1) is 20.7. The maximum Gasteiger partial charge on any atom is 0.221 e. The molecule has 5 nitrogen and oxygen atoms in total. The molecule has 1 aliphatic rings. The predicted molar refractivity (Wildman–Crippen MR) is 97.5 cm³/mol. The number of imidazole rings is 1. The van der Waals surface area contributed by atoms with Gasteiger partial charge in [0.05, 0.1) is 11.0 Å². The molecule has 1 aromatic carbocycles. The highest BCUT2D eigenvalue weighted by atomic mass is 35.5. The SMILES string of the molecule is Cl.Cl.Cn1c(CCNC(=O)CC2CCCN2)nc2ccc(F)cc21. The van der Waals surface area contributed by atoms with Gasteiger partial charge in [0.2, 0.25) is 5.91 Å². The first-order valence-electron chi connectivity index (χ1n) is 7.74. The summed E-state index contributed by atoms with van der Waals surface area (Å²) in [6.07, 6.45) is 3.39. The van der Waals surface area contributed by atoms with Gasteiger partial charge < -0.3 is 15.2 Å². The maximum atomic E-state index is 13.3. The lowest BCUT2D eigenvalue weighted by molar-refractivity contribution is -0.121. The van der Waals surface area contributed by atoms with Crippen molar-refractivity contribution >= 4 is 41.8 Å². The van der Waals surface area contributed by atoms with Crippen LogP contribution in [0, 0.1) is 5.82 Å². The van der Waals surface area contributed by atoms with E-state index >= 15 is 0 Å². The minimum atomic E-state index is -0.264. The highest BCUT2D eigenvalue weighted by Crippen LogP contribution is 2.16. The number of rotatable bonds is 5. The van der Waals surface area contributed by atoms with Gasteiger partial charge in [0.15, 0.2) is 0 Å². The molecule has 2 N–H and O–H groups in total. The fraction of sp³-hybridized carbons (Fsp3) is 0.500. The molecule has 0 aliphatic carbocycles. The molecule has 1 unspecified atom stereocenters. The van der Waals surface area contributed by atoms with Crippen LogP contribution in [0.4, 0.5) is 4.39 Å². The third-order valence-electron chi connectivity index (χ3n) is 4.20. The topological polar surface area (TPSA) is 59.0 Å². The van der Waals surface area contributed by atoms with Gasteiger partial charge in [-0.25, -0.2) is 9.37 Å². The summed E-state index contributed by atoms with van der Waals surface area (Å²) in [4.78, 5) is 16.3. The lowest BCUT2D eigenvalue weighted by Gasteiger charge is -2.10. The van der Waals surface area contributed by atoms with E-state index in [1.807, 2.05) is 11.6 Å². The van der Waals surface area contributed by atoms with Gasteiger partial charge in [-0.3, -0.25) is 4.79 Å². The predicted octanol–water partition coefficient (Wildman–Crippen LogP) is 2.36. The van der Waals surface area contributed by atoms with Crippen molar-refractivity contribution < 1.29 is 9.18 Å². The van der Waals surface area contributed by atoms with Crippen LogP contribution in [0.15, 0.2) is 18.2 Å². The largest absolute Gasteiger partial charge is 0.356 e. The minimum absolute atomic E-state index is 0. The Bertz CT molecular complexity index is 686. The molecular weight excluding hydrogens is 354 g/mol. The zero-order valence-electron chi connectivity index (χ0n) is 13.5. The molecule has 0 spiro atoms. The number of nitrogens with zero attached hydrogens (tertiary/aromatic N) is 2. The number of halogens is 3. The molecule has 2 heterocycles. The number of benzene rings is 1. The second-order valence-corrected chi connectivity index (χ2v) is 5.82. The zero-order chi connectivity index (χ0) is 15.5. The third-order valence-corrected chi connectivity index (χ3v) is 4.20. The Hall–Kier alpha value is -1.37. The number of nitrogens with one attached hydrogen (secondary N) is 2. The normalized spacial score (nSPS) is 16.5. The standard InChI is InChI=1S/C16H21FN4O.2ClH/c1-21-14-9-11(17)4-5-13(14)20-15(21)6-8-19-16(22)10-12-3-2-7-18-12;;/h4-5,9,12,18H,2-3,6-8,10H2,1H3,(H,19,22);2*1H. The first-order chi connectivity index (χ1) is 10.6. The molecule has 1 fully saturated rings. The second kappa shape index (κ2) is 9.20. The number of fused-ring (bicyclic) bond motifs is 1. The quantitative estimate of drug-likeness (QED) is 0.841. The van der Waals surface area contributed by atoms with Crippen molar-refractivity contribution in [2.75, 3.05) is 13.1 Å². The maximum absolute atomic E-state index is 13.3. The van der Waals surface area contributed by atoms with Crippen molar-refractivity contribution in [3.05, 3.63) is 29.8 Å². The van der Waals surface area contributed by atoms with Crippen molar-refractivity contribution in [2.24, 2.45) is 7.05 Å². The summed E-state index contributed by atoms with van der Waals surface area (Å²) in [5, 5.41) is 6.25. The molecular formula is C16H23Cl2FN4O. The summed E-state index contributed by atoms with van der Waals surface area (Å²) < 4.78 is 15.2. The molecule has 0 saturated carbocycles.